The minimum atomic E-state index is 0.126. The van der Waals surface area contributed by atoms with Crippen LogP contribution < -0.4 is 0 Å². The summed E-state index contributed by atoms with van der Waals surface area (Å²) in [4.78, 5) is 3.67. The molecule has 0 bridgehead atoms. The van der Waals surface area contributed by atoms with Gasteiger partial charge >= 0.3 is 0 Å². The second-order valence-electron chi connectivity index (χ2n) is 4.21. The smallest absolute Gasteiger partial charge is 0.0971 e. The van der Waals surface area contributed by atoms with Crippen LogP contribution in [-0.4, -0.2) is 44.7 Å². The van der Waals surface area contributed by atoms with Crippen LogP contribution in [0.15, 0.2) is 49.2 Å². The van der Waals surface area contributed by atoms with E-state index >= 15 is 0 Å². The van der Waals surface area contributed by atoms with Gasteiger partial charge in [0.2, 0.25) is 0 Å². The first kappa shape index (κ1) is 13.5. The topological polar surface area (TPSA) is 54.2 Å². The largest absolute Gasteiger partial charge is 0.395 e. The number of para-hydroxylation sites is 1. The summed E-state index contributed by atoms with van der Waals surface area (Å²) in [6.07, 6.45) is 3.57. The highest BCUT2D eigenvalue weighted by Crippen LogP contribution is 2.06. The summed E-state index contributed by atoms with van der Waals surface area (Å²) in [5, 5.41) is 17.7. The normalized spacial score (nSPS) is 10.8. The molecule has 1 aromatic heterocycles. The third kappa shape index (κ3) is 3.74. The predicted molar refractivity (Wildman–Crippen MR) is 73.9 cm³/mol. The Balaban J connectivity index is 2.06. The number of aromatic nitrogens is 3. The van der Waals surface area contributed by atoms with Crippen molar-refractivity contribution in [2.75, 3.05) is 19.7 Å². The molecule has 5 heteroatoms. The highest BCUT2D eigenvalue weighted by Gasteiger charge is 2.07. The molecule has 2 aromatic rings. The number of nitrogens with zero attached hydrogens (tertiary/aromatic N) is 4. The van der Waals surface area contributed by atoms with Crippen molar-refractivity contribution in [1.82, 2.24) is 19.9 Å². The Morgan fingerprint density at radius 2 is 2.11 bits per heavy atom. The first-order valence-electron chi connectivity index (χ1n) is 6.24. The highest BCUT2D eigenvalue weighted by atomic mass is 16.3. The SMILES string of the molecule is C=CCN(CCO)Cc1cnn(-c2ccccc2)n1. The lowest BCUT2D eigenvalue weighted by Gasteiger charge is -2.17. The average molecular weight is 258 g/mol. The summed E-state index contributed by atoms with van der Waals surface area (Å²) in [5.74, 6) is 0. The number of hydrogen-bond donors (Lipinski definition) is 1. The van der Waals surface area contributed by atoms with E-state index in [2.05, 4.69) is 21.7 Å². The van der Waals surface area contributed by atoms with Crippen molar-refractivity contribution in [1.29, 1.82) is 0 Å². The first-order valence-corrected chi connectivity index (χ1v) is 6.24. The minimum Gasteiger partial charge on any atom is -0.395 e. The molecule has 1 N–H and O–H groups in total. The molecule has 0 atom stereocenters. The van der Waals surface area contributed by atoms with Crippen LogP contribution in [0.5, 0.6) is 0 Å². The van der Waals surface area contributed by atoms with Gasteiger partial charge in [-0.3, -0.25) is 4.90 Å². The fourth-order valence-corrected chi connectivity index (χ4v) is 1.84. The van der Waals surface area contributed by atoms with Gasteiger partial charge < -0.3 is 5.11 Å². The van der Waals surface area contributed by atoms with Crippen LogP contribution in [0.2, 0.25) is 0 Å². The van der Waals surface area contributed by atoms with Crippen molar-refractivity contribution in [3.63, 3.8) is 0 Å². The average Bonchev–Trinajstić information content (AvgIpc) is 2.89. The van der Waals surface area contributed by atoms with Crippen molar-refractivity contribution < 1.29 is 5.11 Å². The van der Waals surface area contributed by atoms with E-state index in [0.717, 1.165) is 17.9 Å². The maximum absolute atomic E-state index is 9.01. The summed E-state index contributed by atoms with van der Waals surface area (Å²) < 4.78 is 0. The van der Waals surface area contributed by atoms with Gasteiger partial charge in [-0.15, -0.1) is 6.58 Å². The maximum atomic E-state index is 9.01. The molecular weight excluding hydrogens is 240 g/mol. The van der Waals surface area contributed by atoms with E-state index in [1.807, 2.05) is 36.4 Å². The molecule has 0 saturated heterocycles. The molecule has 0 radical (unpaired) electrons. The van der Waals surface area contributed by atoms with E-state index in [4.69, 9.17) is 5.11 Å². The molecule has 0 aliphatic carbocycles. The van der Waals surface area contributed by atoms with Gasteiger partial charge in [-0.1, -0.05) is 24.3 Å². The minimum absolute atomic E-state index is 0.126. The number of benzene rings is 1. The second kappa shape index (κ2) is 6.82. The maximum Gasteiger partial charge on any atom is 0.0971 e. The standard InChI is InChI=1S/C14H18N4O/c1-2-8-17(9-10-19)12-13-11-15-18(16-13)14-6-4-3-5-7-14/h2-7,11,19H,1,8-10,12H2. The Labute approximate surface area is 112 Å². The van der Waals surface area contributed by atoms with Crippen LogP contribution in [0, 0.1) is 0 Å². The molecule has 5 nitrogen and oxygen atoms in total. The summed E-state index contributed by atoms with van der Waals surface area (Å²) in [5.41, 5.74) is 1.81. The summed E-state index contributed by atoms with van der Waals surface area (Å²) in [6, 6.07) is 9.78. The number of aliphatic hydroxyl groups excluding tert-OH is 1. The van der Waals surface area contributed by atoms with Crippen LogP contribution in [0.25, 0.3) is 5.69 Å². The molecule has 0 spiro atoms. The zero-order valence-electron chi connectivity index (χ0n) is 10.8. The van der Waals surface area contributed by atoms with Gasteiger partial charge in [0.25, 0.3) is 0 Å². The monoisotopic (exact) mass is 258 g/mol. The first-order chi connectivity index (χ1) is 9.33. The Bertz CT molecular complexity index is 509. The fraction of sp³-hybridized carbons (Fsp3) is 0.286. The van der Waals surface area contributed by atoms with Crippen LogP contribution >= 0.6 is 0 Å². The highest BCUT2D eigenvalue weighted by molar-refractivity contribution is 5.28. The molecule has 1 heterocycles. The van der Waals surface area contributed by atoms with Crippen molar-refractivity contribution in [3.05, 3.63) is 54.9 Å². The van der Waals surface area contributed by atoms with Gasteiger partial charge in [-0.05, 0) is 12.1 Å². The third-order valence-corrected chi connectivity index (χ3v) is 2.72. The van der Waals surface area contributed by atoms with Crippen molar-refractivity contribution in [3.8, 4) is 5.69 Å². The Morgan fingerprint density at radius 3 is 2.79 bits per heavy atom. The summed E-state index contributed by atoms with van der Waals surface area (Å²) in [6.45, 7) is 5.81. The molecule has 1 aromatic carbocycles. The molecule has 0 saturated carbocycles. The zero-order chi connectivity index (χ0) is 13.5. The lowest BCUT2D eigenvalue weighted by molar-refractivity contribution is 0.202. The molecule has 19 heavy (non-hydrogen) atoms. The molecule has 100 valence electrons. The fourth-order valence-electron chi connectivity index (χ4n) is 1.84. The van der Waals surface area contributed by atoms with E-state index in [-0.39, 0.29) is 6.61 Å². The lowest BCUT2D eigenvalue weighted by atomic mass is 10.3. The van der Waals surface area contributed by atoms with Crippen LogP contribution in [0.1, 0.15) is 5.69 Å². The number of rotatable bonds is 7. The van der Waals surface area contributed by atoms with E-state index in [1.54, 1.807) is 11.0 Å². The lowest BCUT2D eigenvalue weighted by Crippen LogP contribution is -2.26. The van der Waals surface area contributed by atoms with Gasteiger partial charge in [0, 0.05) is 19.6 Å². The number of hydrogen-bond acceptors (Lipinski definition) is 4. The Morgan fingerprint density at radius 1 is 1.32 bits per heavy atom. The van der Waals surface area contributed by atoms with Gasteiger partial charge in [-0.25, -0.2) is 0 Å². The molecular formula is C14H18N4O. The van der Waals surface area contributed by atoms with E-state index in [0.29, 0.717) is 13.1 Å². The predicted octanol–water partition coefficient (Wildman–Crippen LogP) is 1.25. The molecule has 0 aliphatic heterocycles. The zero-order valence-corrected chi connectivity index (χ0v) is 10.8. The van der Waals surface area contributed by atoms with Gasteiger partial charge in [0.15, 0.2) is 0 Å². The van der Waals surface area contributed by atoms with Crippen molar-refractivity contribution >= 4 is 0 Å². The molecule has 0 unspecified atom stereocenters. The molecule has 0 fully saturated rings. The van der Waals surface area contributed by atoms with E-state index in [9.17, 15) is 0 Å². The summed E-state index contributed by atoms with van der Waals surface area (Å²) >= 11 is 0. The number of aliphatic hydroxyl groups is 1. The van der Waals surface area contributed by atoms with Crippen LogP contribution in [-0.2, 0) is 6.54 Å². The Hall–Kier alpha value is -1.98. The van der Waals surface area contributed by atoms with Crippen LogP contribution in [0.4, 0.5) is 0 Å². The quantitative estimate of drug-likeness (QED) is 0.759. The van der Waals surface area contributed by atoms with Crippen molar-refractivity contribution in [2.24, 2.45) is 0 Å². The van der Waals surface area contributed by atoms with Gasteiger partial charge in [0.05, 0.1) is 24.2 Å². The third-order valence-electron chi connectivity index (χ3n) is 2.72. The second-order valence-corrected chi connectivity index (χ2v) is 4.21. The van der Waals surface area contributed by atoms with Gasteiger partial charge in [-0.2, -0.15) is 15.0 Å². The Kier molecular flexibility index (Phi) is 4.83. The van der Waals surface area contributed by atoms with E-state index in [1.165, 1.54) is 0 Å². The van der Waals surface area contributed by atoms with Crippen molar-refractivity contribution in [2.45, 2.75) is 6.54 Å². The molecule has 0 aliphatic rings. The summed E-state index contributed by atoms with van der Waals surface area (Å²) in [7, 11) is 0. The van der Waals surface area contributed by atoms with E-state index < -0.39 is 0 Å². The molecule has 0 amide bonds. The van der Waals surface area contributed by atoms with Crippen LogP contribution in [0.3, 0.4) is 0 Å². The van der Waals surface area contributed by atoms with Gasteiger partial charge in [0.1, 0.15) is 0 Å². The molecule has 2 rings (SSSR count).